The predicted molar refractivity (Wildman–Crippen MR) is 82.6 cm³/mol. The van der Waals surface area contributed by atoms with Crippen LogP contribution in [0.25, 0.3) is 0 Å². The molecule has 0 spiro atoms. The van der Waals surface area contributed by atoms with Gasteiger partial charge in [-0.15, -0.1) is 0 Å². The van der Waals surface area contributed by atoms with Gasteiger partial charge in [-0.1, -0.05) is 25.4 Å². The van der Waals surface area contributed by atoms with Crippen LogP contribution in [0.2, 0.25) is 5.02 Å². The van der Waals surface area contributed by atoms with Gasteiger partial charge in [0.1, 0.15) is 0 Å². The molecule has 1 aromatic rings. The number of carbonyl (C=O) groups is 1. The van der Waals surface area contributed by atoms with E-state index in [4.69, 9.17) is 16.3 Å². The highest BCUT2D eigenvalue weighted by Crippen LogP contribution is 2.28. The average Bonchev–Trinajstić information content (AvgIpc) is 2.41. The molecule has 1 fully saturated rings. The number of benzene rings is 1. The first-order valence-electron chi connectivity index (χ1n) is 6.98. The molecule has 1 amide bonds. The minimum Gasteiger partial charge on any atom is -0.378 e. The van der Waals surface area contributed by atoms with E-state index in [9.17, 15) is 4.79 Å². The minimum atomic E-state index is 0.000951. The van der Waals surface area contributed by atoms with Crippen LogP contribution in [0.1, 0.15) is 20.3 Å². The van der Waals surface area contributed by atoms with Crippen molar-refractivity contribution in [3.05, 3.63) is 23.2 Å². The number of hydrogen-bond acceptors (Lipinski definition) is 3. The summed E-state index contributed by atoms with van der Waals surface area (Å²) in [6, 6.07) is 5.75. The summed E-state index contributed by atoms with van der Waals surface area (Å²) in [4.78, 5) is 14.1. The number of ether oxygens (including phenoxy) is 1. The van der Waals surface area contributed by atoms with Gasteiger partial charge in [0.2, 0.25) is 5.91 Å². The second kappa shape index (κ2) is 6.95. The first kappa shape index (κ1) is 15.1. The van der Waals surface area contributed by atoms with Gasteiger partial charge in [-0.2, -0.15) is 0 Å². The monoisotopic (exact) mass is 296 g/mol. The Balaban J connectivity index is 2.09. The van der Waals surface area contributed by atoms with Crippen molar-refractivity contribution in [2.24, 2.45) is 5.92 Å². The zero-order chi connectivity index (χ0) is 14.5. The number of halogens is 1. The van der Waals surface area contributed by atoms with Crippen LogP contribution in [0, 0.1) is 5.92 Å². The average molecular weight is 297 g/mol. The summed E-state index contributed by atoms with van der Waals surface area (Å²) in [5.74, 6) is 0.331. The van der Waals surface area contributed by atoms with Crippen LogP contribution in [0.3, 0.4) is 0 Å². The molecule has 5 heteroatoms. The van der Waals surface area contributed by atoms with E-state index in [1.54, 1.807) is 0 Å². The third kappa shape index (κ3) is 4.12. The third-order valence-corrected chi connectivity index (χ3v) is 3.52. The number of rotatable bonds is 4. The van der Waals surface area contributed by atoms with Gasteiger partial charge in [-0.25, -0.2) is 0 Å². The number of anilines is 2. The molecule has 0 aliphatic carbocycles. The summed E-state index contributed by atoms with van der Waals surface area (Å²) in [5, 5.41) is 3.46. The maximum atomic E-state index is 11.9. The normalized spacial score (nSPS) is 15.5. The molecule has 20 heavy (non-hydrogen) atoms. The van der Waals surface area contributed by atoms with E-state index >= 15 is 0 Å². The number of nitrogens with zero attached hydrogens (tertiary/aromatic N) is 1. The quantitative estimate of drug-likeness (QED) is 0.928. The summed E-state index contributed by atoms with van der Waals surface area (Å²) in [7, 11) is 0. The number of morpholine rings is 1. The molecule has 2 rings (SSSR count). The van der Waals surface area contributed by atoms with Gasteiger partial charge in [-0.3, -0.25) is 4.79 Å². The van der Waals surface area contributed by atoms with Crippen LogP contribution in [-0.2, 0) is 9.53 Å². The zero-order valence-electron chi connectivity index (χ0n) is 12.0. The Kier molecular flexibility index (Phi) is 5.26. The Labute approximate surface area is 125 Å². The second-order valence-corrected chi connectivity index (χ2v) is 5.82. The fourth-order valence-corrected chi connectivity index (χ4v) is 2.36. The van der Waals surface area contributed by atoms with E-state index in [0.717, 1.165) is 32.0 Å². The lowest BCUT2D eigenvalue weighted by atomic mass is 10.1. The molecule has 0 bridgehead atoms. The van der Waals surface area contributed by atoms with Gasteiger partial charge in [0.25, 0.3) is 0 Å². The summed E-state index contributed by atoms with van der Waals surface area (Å²) in [5.41, 5.74) is 1.75. The largest absolute Gasteiger partial charge is 0.378 e. The van der Waals surface area contributed by atoms with Crippen LogP contribution in [0.5, 0.6) is 0 Å². The summed E-state index contributed by atoms with van der Waals surface area (Å²) in [6.07, 6.45) is 0.498. The molecule has 4 nitrogen and oxygen atoms in total. The van der Waals surface area contributed by atoms with Crippen molar-refractivity contribution in [1.29, 1.82) is 0 Å². The highest BCUT2D eigenvalue weighted by molar-refractivity contribution is 6.33. The SMILES string of the molecule is CC(C)CC(=O)Nc1cc(N2CCOCC2)ccc1Cl. The van der Waals surface area contributed by atoms with Crippen molar-refractivity contribution < 1.29 is 9.53 Å². The van der Waals surface area contributed by atoms with E-state index < -0.39 is 0 Å². The van der Waals surface area contributed by atoms with Crippen LogP contribution >= 0.6 is 11.6 Å². The van der Waals surface area contributed by atoms with Crippen molar-refractivity contribution in [3.63, 3.8) is 0 Å². The van der Waals surface area contributed by atoms with Gasteiger partial charge in [0.15, 0.2) is 0 Å². The molecule has 1 N–H and O–H groups in total. The Morgan fingerprint density at radius 3 is 2.75 bits per heavy atom. The molecule has 0 radical (unpaired) electrons. The topological polar surface area (TPSA) is 41.6 Å². The molecular formula is C15H21ClN2O2. The Morgan fingerprint density at radius 1 is 1.40 bits per heavy atom. The Hall–Kier alpha value is -1.26. The van der Waals surface area contributed by atoms with Crippen LogP contribution in [-0.4, -0.2) is 32.2 Å². The fraction of sp³-hybridized carbons (Fsp3) is 0.533. The van der Waals surface area contributed by atoms with E-state index in [1.165, 1.54) is 0 Å². The van der Waals surface area contributed by atoms with Gasteiger partial charge in [-0.05, 0) is 24.1 Å². The molecule has 0 atom stereocenters. The summed E-state index contributed by atoms with van der Waals surface area (Å²) in [6.45, 7) is 7.23. The number of carbonyl (C=O) groups excluding carboxylic acids is 1. The summed E-state index contributed by atoms with van der Waals surface area (Å²) >= 11 is 6.16. The third-order valence-electron chi connectivity index (χ3n) is 3.19. The van der Waals surface area contributed by atoms with Gasteiger partial charge in [0, 0.05) is 25.2 Å². The molecular weight excluding hydrogens is 276 g/mol. The molecule has 0 unspecified atom stereocenters. The van der Waals surface area contributed by atoms with E-state index in [0.29, 0.717) is 23.0 Å². The van der Waals surface area contributed by atoms with E-state index in [-0.39, 0.29) is 5.91 Å². The molecule has 1 aliphatic rings. The smallest absolute Gasteiger partial charge is 0.224 e. The molecule has 0 saturated carbocycles. The van der Waals surface area contributed by atoms with Gasteiger partial charge >= 0.3 is 0 Å². The van der Waals surface area contributed by atoms with Gasteiger partial charge < -0.3 is 15.0 Å². The molecule has 1 aliphatic heterocycles. The van der Waals surface area contributed by atoms with E-state index in [2.05, 4.69) is 10.2 Å². The van der Waals surface area contributed by atoms with Crippen molar-refractivity contribution in [3.8, 4) is 0 Å². The second-order valence-electron chi connectivity index (χ2n) is 5.41. The maximum Gasteiger partial charge on any atom is 0.224 e. The highest BCUT2D eigenvalue weighted by Gasteiger charge is 2.14. The van der Waals surface area contributed by atoms with E-state index in [1.807, 2.05) is 32.0 Å². The molecule has 1 heterocycles. The van der Waals surface area contributed by atoms with Crippen molar-refractivity contribution in [1.82, 2.24) is 0 Å². The lowest BCUT2D eigenvalue weighted by Crippen LogP contribution is -2.36. The summed E-state index contributed by atoms with van der Waals surface area (Å²) < 4.78 is 5.35. The molecule has 1 aromatic carbocycles. The van der Waals surface area contributed by atoms with Crippen LogP contribution in [0.15, 0.2) is 18.2 Å². The van der Waals surface area contributed by atoms with Crippen LogP contribution in [0.4, 0.5) is 11.4 Å². The number of amides is 1. The Morgan fingerprint density at radius 2 is 2.10 bits per heavy atom. The molecule has 1 saturated heterocycles. The molecule has 0 aromatic heterocycles. The van der Waals surface area contributed by atoms with Gasteiger partial charge in [0.05, 0.1) is 23.9 Å². The minimum absolute atomic E-state index is 0.000951. The zero-order valence-corrected chi connectivity index (χ0v) is 12.7. The lowest BCUT2D eigenvalue weighted by molar-refractivity contribution is -0.116. The van der Waals surface area contributed by atoms with Crippen LogP contribution < -0.4 is 10.2 Å². The van der Waals surface area contributed by atoms with Crippen molar-refractivity contribution in [2.75, 3.05) is 36.5 Å². The lowest BCUT2D eigenvalue weighted by Gasteiger charge is -2.29. The number of nitrogens with one attached hydrogen (secondary N) is 1. The standard InChI is InChI=1S/C15H21ClN2O2/c1-11(2)9-15(19)17-14-10-12(3-4-13(14)16)18-5-7-20-8-6-18/h3-4,10-11H,5-9H2,1-2H3,(H,17,19). The van der Waals surface area contributed by atoms with Crippen molar-refractivity contribution >= 4 is 28.9 Å². The predicted octanol–water partition coefficient (Wildman–Crippen LogP) is 3.16. The Bertz CT molecular complexity index is 471. The first-order chi connectivity index (χ1) is 9.56. The maximum absolute atomic E-state index is 11.9. The number of hydrogen-bond donors (Lipinski definition) is 1. The molecule has 110 valence electrons. The first-order valence-corrected chi connectivity index (χ1v) is 7.36. The fourth-order valence-electron chi connectivity index (χ4n) is 2.20. The highest BCUT2D eigenvalue weighted by atomic mass is 35.5. The van der Waals surface area contributed by atoms with Crippen molar-refractivity contribution in [2.45, 2.75) is 20.3 Å².